The minimum atomic E-state index is -0.415. The van der Waals surface area contributed by atoms with Crippen LogP contribution in [0.25, 0.3) is 55.0 Å². The summed E-state index contributed by atoms with van der Waals surface area (Å²) in [4.78, 5) is 28.2. The third kappa shape index (κ3) is 3.66. The molecule has 9 rings (SSSR count). The van der Waals surface area contributed by atoms with Gasteiger partial charge >= 0.3 is 0 Å². The van der Waals surface area contributed by atoms with Crippen LogP contribution in [0, 0.1) is 22.7 Å². The van der Waals surface area contributed by atoms with Crippen LogP contribution >= 0.6 is 0 Å². The molecule has 3 heterocycles. The van der Waals surface area contributed by atoms with Gasteiger partial charge in [-0.3, -0.25) is 9.59 Å². The largest absolute Gasteiger partial charge is 0.309 e. The number of carbonyl (C=O) groups excluding carboxylic acids is 2. The molecule has 8 aromatic rings. The van der Waals surface area contributed by atoms with E-state index >= 15 is 0 Å². The predicted octanol–water partition coefficient (Wildman–Crippen LogP) is 8.42. The van der Waals surface area contributed by atoms with Gasteiger partial charge in [0.25, 0.3) is 11.8 Å². The monoisotopic (exact) mass is 603 g/mol. The first kappa shape index (κ1) is 26.4. The molecule has 0 spiro atoms. The van der Waals surface area contributed by atoms with Gasteiger partial charge in [-0.25, -0.2) is 4.90 Å². The molecule has 2 amide bonds. The fraction of sp³-hybridized carbons (Fsp3) is 0. The molecule has 0 aliphatic carbocycles. The van der Waals surface area contributed by atoms with E-state index in [4.69, 9.17) is 0 Å². The van der Waals surface area contributed by atoms with Gasteiger partial charge in [-0.1, -0.05) is 54.6 Å². The summed E-state index contributed by atoms with van der Waals surface area (Å²) in [6.45, 7) is 0. The highest BCUT2D eigenvalue weighted by Crippen LogP contribution is 2.42. The van der Waals surface area contributed by atoms with Crippen LogP contribution in [0.15, 0.2) is 127 Å². The van der Waals surface area contributed by atoms with Crippen LogP contribution in [0.4, 0.5) is 5.69 Å². The molecule has 6 aromatic carbocycles. The van der Waals surface area contributed by atoms with E-state index in [1.165, 1.54) is 0 Å². The number of hydrogen-bond acceptors (Lipinski definition) is 4. The lowest BCUT2D eigenvalue weighted by Gasteiger charge is -2.17. The highest BCUT2D eigenvalue weighted by molar-refractivity contribution is 6.34. The summed E-state index contributed by atoms with van der Waals surface area (Å²) in [5.41, 5.74) is 7.37. The normalized spacial score (nSPS) is 12.7. The maximum Gasteiger partial charge on any atom is 0.266 e. The third-order valence-corrected chi connectivity index (χ3v) is 9.07. The maximum absolute atomic E-state index is 13.5. The van der Waals surface area contributed by atoms with E-state index in [9.17, 15) is 20.1 Å². The Hall–Kier alpha value is -6.96. The van der Waals surface area contributed by atoms with Gasteiger partial charge in [0.1, 0.15) is 0 Å². The number of aromatic nitrogens is 2. The average molecular weight is 604 g/mol. The van der Waals surface area contributed by atoms with Gasteiger partial charge in [-0.15, -0.1) is 0 Å². The molecule has 7 heteroatoms. The summed E-state index contributed by atoms with van der Waals surface area (Å²) in [5.74, 6) is -0.830. The van der Waals surface area contributed by atoms with Gasteiger partial charge in [0.2, 0.25) is 0 Å². The molecule has 0 unspecified atom stereocenters. The second kappa shape index (κ2) is 9.77. The maximum atomic E-state index is 13.5. The summed E-state index contributed by atoms with van der Waals surface area (Å²) in [6, 6.07) is 44.6. The minimum Gasteiger partial charge on any atom is -0.309 e. The van der Waals surface area contributed by atoms with Crippen LogP contribution in [0.3, 0.4) is 0 Å². The Bertz CT molecular complexity index is 2720. The number of imide groups is 1. The Balaban J connectivity index is 1.38. The molecule has 0 radical (unpaired) electrons. The van der Waals surface area contributed by atoms with Crippen molar-refractivity contribution in [2.45, 2.75) is 0 Å². The topological polar surface area (TPSA) is 94.8 Å². The Morgan fingerprint density at radius 2 is 1.06 bits per heavy atom. The van der Waals surface area contributed by atoms with E-state index in [1.54, 1.807) is 36.4 Å². The van der Waals surface area contributed by atoms with Crippen molar-refractivity contribution in [2.24, 2.45) is 0 Å². The highest BCUT2D eigenvalue weighted by atomic mass is 16.2. The van der Waals surface area contributed by atoms with E-state index in [0.717, 1.165) is 54.2 Å². The second-order valence-electron chi connectivity index (χ2n) is 11.6. The number of para-hydroxylation sites is 2. The molecule has 0 fully saturated rings. The molecule has 0 bridgehead atoms. The van der Waals surface area contributed by atoms with Gasteiger partial charge < -0.3 is 9.13 Å². The lowest BCUT2D eigenvalue weighted by molar-refractivity contribution is 0.0926. The number of hydrogen-bond donors (Lipinski definition) is 0. The molecule has 7 nitrogen and oxygen atoms in total. The fourth-order valence-corrected chi connectivity index (χ4v) is 7.08. The Morgan fingerprint density at radius 1 is 0.468 bits per heavy atom. The average Bonchev–Trinajstić information content (AvgIpc) is 3.73. The van der Waals surface area contributed by atoms with Crippen molar-refractivity contribution in [3.63, 3.8) is 0 Å². The van der Waals surface area contributed by atoms with E-state index < -0.39 is 11.8 Å². The number of anilines is 1. The lowest BCUT2D eigenvalue weighted by Crippen LogP contribution is -2.29. The van der Waals surface area contributed by atoms with E-state index in [-0.39, 0.29) is 0 Å². The Kier molecular flexibility index (Phi) is 5.50. The zero-order chi connectivity index (χ0) is 31.8. The van der Waals surface area contributed by atoms with Crippen LogP contribution in [0.5, 0.6) is 0 Å². The van der Waals surface area contributed by atoms with Crippen LogP contribution < -0.4 is 4.90 Å². The van der Waals surface area contributed by atoms with Gasteiger partial charge in [0.05, 0.1) is 62.1 Å². The second-order valence-corrected chi connectivity index (χ2v) is 11.6. The molecular formula is C40H21N5O2. The van der Waals surface area contributed by atoms with E-state index in [2.05, 4.69) is 51.6 Å². The number of carbonyl (C=O) groups is 2. The molecule has 0 atom stereocenters. The van der Waals surface area contributed by atoms with Crippen molar-refractivity contribution in [3.05, 3.63) is 150 Å². The van der Waals surface area contributed by atoms with Gasteiger partial charge in [-0.2, -0.15) is 10.5 Å². The number of fused-ring (bicyclic) bond motifs is 8. The third-order valence-electron chi connectivity index (χ3n) is 9.07. The summed E-state index contributed by atoms with van der Waals surface area (Å²) >= 11 is 0. The molecule has 1 aliphatic heterocycles. The van der Waals surface area contributed by atoms with Crippen molar-refractivity contribution < 1.29 is 9.59 Å². The van der Waals surface area contributed by atoms with Crippen molar-refractivity contribution >= 4 is 61.1 Å². The quantitative estimate of drug-likeness (QED) is 0.189. The molecular weight excluding hydrogens is 582 g/mol. The first-order valence-electron chi connectivity index (χ1n) is 15.1. The summed E-state index contributed by atoms with van der Waals surface area (Å²) in [5, 5.41) is 23.7. The molecule has 47 heavy (non-hydrogen) atoms. The predicted molar refractivity (Wildman–Crippen MR) is 182 cm³/mol. The number of amides is 2. The van der Waals surface area contributed by atoms with Crippen LogP contribution in [-0.2, 0) is 0 Å². The van der Waals surface area contributed by atoms with Crippen LogP contribution in [0.1, 0.15) is 31.8 Å². The first-order chi connectivity index (χ1) is 23.1. The van der Waals surface area contributed by atoms with Crippen molar-refractivity contribution in [1.29, 1.82) is 10.5 Å². The number of benzene rings is 6. The zero-order valence-electron chi connectivity index (χ0n) is 24.7. The molecule has 1 aliphatic rings. The standard InChI is InChI=1S/C40H21N5O2/c41-22-24-13-15-26(16-14-24)43-35-12-6-4-10-33(35)37-36(43)18-17-30-29-7-3-5-11-34(29)44(38(30)37)27-19-25(23-42)20-28(21-27)45-39(46)31-8-1-2-9-32(31)40(45)47/h1-21H. The van der Waals surface area contributed by atoms with Gasteiger partial charge in [-0.05, 0) is 72.8 Å². The summed E-state index contributed by atoms with van der Waals surface area (Å²) in [7, 11) is 0. The lowest BCUT2D eigenvalue weighted by atomic mass is 10.1. The highest BCUT2D eigenvalue weighted by Gasteiger charge is 2.36. The van der Waals surface area contributed by atoms with Crippen LogP contribution in [-0.4, -0.2) is 20.9 Å². The summed E-state index contributed by atoms with van der Waals surface area (Å²) in [6.07, 6.45) is 0. The molecule has 218 valence electrons. The molecule has 2 aromatic heterocycles. The van der Waals surface area contributed by atoms with Crippen molar-refractivity contribution in [1.82, 2.24) is 9.13 Å². The number of nitriles is 2. The van der Waals surface area contributed by atoms with Crippen molar-refractivity contribution in [2.75, 3.05) is 4.90 Å². The molecule has 0 saturated carbocycles. The SMILES string of the molecule is N#Cc1ccc(-n2c3ccccc3c3c2ccc2c4ccccc4n(-c4cc(C#N)cc(N5C(=O)c6ccccc6C5=O)c4)c23)cc1. The minimum absolute atomic E-state index is 0.326. The van der Waals surface area contributed by atoms with Crippen molar-refractivity contribution in [3.8, 4) is 23.5 Å². The first-order valence-corrected chi connectivity index (χ1v) is 15.1. The smallest absolute Gasteiger partial charge is 0.266 e. The molecule has 0 N–H and O–H groups in total. The number of nitrogens with zero attached hydrogens (tertiary/aromatic N) is 5. The Morgan fingerprint density at radius 3 is 1.74 bits per heavy atom. The molecule has 0 saturated heterocycles. The van der Waals surface area contributed by atoms with Gasteiger partial charge in [0, 0.05) is 32.9 Å². The zero-order valence-corrected chi connectivity index (χ0v) is 24.7. The summed E-state index contributed by atoms with van der Waals surface area (Å²) < 4.78 is 4.33. The Labute approximate surface area is 267 Å². The van der Waals surface area contributed by atoms with Crippen LogP contribution in [0.2, 0.25) is 0 Å². The van der Waals surface area contributed by atoms with E-state index in [0.29, 0.717) is 33.6 Å². The fourth-order valence-electron chi connectivity index (χ4n) is 7.08. The van der Waals surface area contributed by atoms with E-state index in [1.807, 2.05) is 60.7 Å². The van der Waals surface area contributed by atoms with Gasteiger partial charge in [0.15, 0.2) is 0 Å². The number of rotatable bonds is 3.